The van der Waals surface area contributed by atoms with Gasteiger partial charge in [-0.3, -0.25) is 4.84 Å². The molecule has 0 spiro atoms. The lowest BCUT2D eigenvalue weighted by atomic mass is 10.5. The van der Waals surface area contributed by atoms with Crippen LogP contribution < -0.4 is 15.5 Å². The molecule has 0 saturated heterocycles. The summed E-state index contributed by atoms with van der Waals surface area (Å²) in [6.45, 7) is 5.78. The molecule has 0 saturated carbocycles. The van der Waals surface area contributed by atoms with Crippen molar-refractivity contribution >= 4 is 11.9 Å². The first-order chi connectivity index (χ1) is 10.2. The number of rotatable bonds is 10. The normalized spacial score (nSPS) is 10.2. The Balaban J connectivity index is 2.86. The van der Waals surface area contributed by atoms with Gasteiger partial charge in [0.2, 0.25) is 11.9 Å². The van der Waals surface area contributed by atoms with E-state index in [0.717, 1.165) is 31.2 Å². The fourth-order valence-electron chi connectivity index (χ4n) is 1.33. The molecule has 1 rings (SSSR count). The van der Waals surface area contributed by atoms with Gasteiger partial charge in [0.05, 0.1) is 7.11 Å². The molecule has 8 nitrogen and oxygen atoms in total. The zero-order chi connectivity index (χ0) is 15.5. The molecule has 1 heterocycles. The van der Waals surface area contributed by atoms with E-state index in [4.69, 9.17) is 16.1 Å². The van der Waals surface area contributed by atoms with Crippen LogP contribution in [0.2, 0.25) is 0 Å². The Bertz CT molecular complexity index is 436. The van der Waals surface area contributed by atoms with Crippen molar-refractivity contribution in [2.24, 2.45) is 0 Å². The number of aromatic nitrogens is 3. The molecule has 0 aliphatic carbocycles. The van der Waals surface area contributed by atoms with Gasteiger partial charge in [-0.2, -0.15) is 15.0 Å². The molecule has 2 N–H and O–H groups in total. The lowest BCUT2D eigenvalue weighted by molar-refractivity contribution is -0.297. The van der Waals surface area contributed by atoms with Crippen molar-refractivity contribution in [3.05, 3.63) is 0 Å². The summed E-state index contributed by atoms with van der Waals surface area (Å²) in [6.07, 6.45) is 7.14. The van der Waals surface area contributed by atoms with Gasteiger partial charge >= 0.3 is 6.01 Å². The lowest BCUT2D eigenvalue weighted by Gasteiger charge is -2.16. The third kappa shape index (κ3) is 6.25. The Morgan fingerprint density at radius 2 is 1.67 bits per heavy atom. The minimum Gasteiger partial charge on any atom is -0.354 e. The fourth-order valence-corrected chi connectivity index (χ4v) is 1.33. The summed E-state index contributed by atoms with van der Waals surface area (Å²) in [6, 6.07) is 0.110. The number of nitrogens with zero attached hydrogens (tertiary/aromatic N) is 4. The number of hydroxylamine groups is 2. The van der Waals surface area contributed by atoms with Crippen LogP contribution in [0.5, 0.6) is 6.01 Å². The van der Waals surface area contributed by atoms with E-state index in [-0.39, 0.29) is 12.6 Å². The van der Waals surface area contributed by atoms with Crippen LogP contribution in [0.3, 0.4) is 0 Å². The van der Waals surface area contributed by atoms with Gasteiger partial charge in [-0.05, 0) is 18.1 Å². The quantitative estimate of drug-likeness (QED) is 0.493. The van der Waals surface area contributed by atoms with Gasteiger partial charge < -0.3 is 15.5 Å². The molecule has 0 amide bonds. The van der Waals surface area contributed by atoms with E-state index in [0.29, 0.717) is 11.9 Å². The fraction of sp³-hybridized carbons (Fsp3) is 0.615. The minimum absolute atomic E-state index is 0.110. The number of hydrogen-bond donors (Lipinski definition) is 2. The monoisotopic (exact) mass is 294 g/mol. The molecule has 0 radical (unpaired) electrons. The van der Waals surface area contributed by atoms with Crippen LogP contribution in [0, 0.1) is 12.3 Å². The van der Waals surface area contributed by atoms with Crippen LogP contribution in [0.25, 0.3) is 0 Å². The molecule has 0 bridgehead atoms. The van der Waals surface area contributed by atoms with Gasteiger partial charge in [0.15, 0.2) is 0 Å². The van der Waals surface area contributed by atoms with E-state index in [1.807, 2.05) is 0 Å². The highest BCUT2D eigenvalue weighted by atomic mass is 16.9. The predicted molar refractivity (Wildman–Crippen MR) is 80.6 cm³/mol. The van der Waals surface area contributed by atoms with Gasteiger partial charge in [0.25, 0.3) is 0 Å². The highest BCUT2D eigenvalue weighted by Crippen LogP contribution is 2.12. The van der Waals surface area contributed by atoms with Crippen molar-refractivity contribution in [3.8, 4) is 18.4 Å². The predicted octanol–water partition coefficient (Wildman–Crippen LogP) is 1.31. The second-order valence-corrected chi connectivity index (χ2v) is 4.09. The van der Waals surface area contributed by atoms with Crippen molar-refractivity contribution in [2.45, 2.75) is 26.7 Å². The molecule has 0 atom stereocenters. The number of terminal acetylenes is 1. The maximum absolute atomic E-state index is 5.37. The van der Waals surface area contributed by atoms with E-state index >= 15 is 0 Å². The van der Waals surface area contributed by atoms with Crippen molar-refractivity contribution in [2.75, 3.05) is 37.4 Å². The first-order valence-electron chi connectivity index (χ1n) is 6.90. The Hall–Kier alpha value is -2.11. The van der Waals surface area contributed by atoms with E-state index in [9.17, 15) is 0 Å². The third-order valence-electron chi connectivity index (χ3n) is 2.29. The van der Waals surface area contributed by atoms with E-state index in [1.165, 1.54) is 7.11 Å². The summed E-state index contributed by atoms with van der Waals surface area (Å²) in [5, 5.41) is 7.30. The van der Waals surface area contributed by atoms with Crippen LogP contribution in [0.15, 0.2) is 0 Å². The first kappa shape index (κ1) is 16.9. The Morgan fingerprint density at radius 1 is 1.10 bits per heavy atom. The molecular weight excluding hydrogens is 272 g/mol. The van der Waals surface area contributed by atoms with Crippen LogP contribution in [-0.4, -0.2) is 46.9 Å². The summed E-state index contributed by atoms with van der Waals surface area (Å²) in [4.78, 5) is 22.9. The molecule has 1 aromatic heterocycles. The van der Waals surface area contributed by atoms with Gasteiger partial charge in [-0.25, -0.2) is 0 Å². The summed E-state index contributed by atoms with van der Waals surface area (Å²) >= 11 is 0. The average molecular weight is 294 g/mol. The van der Waals surface area contributed by atoms with Crippen molar-refractivity contribution in [1.29, 1.82) is 0 Å². The minimum atomic E-state index is 0.110. The van der Waals surface area contributed by atoms with E-state index in [1.54, 1.807) is 0 Å². The summed E-state index contributed by atoms with van der Waals surface area (Å²) < 4.78 is 0. The number of hydrogen-bond acceptors (Lipinski definition) is 8. The van der Waals surface area contributed by atoms with Gasteiger partial charge in [0.1, 0.15) is 6.54 Å². The third-order valence-corrected chi connectivity index (χ3v) is 2.29. The molecule has 1 aromatic rings. The van der Waals surface area contributed by atoms with Crippen molar-refractivity contribution in [3.63, 3.8) is 0 Å². The van der Waals surface area contributed by atoms with Crippen molar-refractivity contribution < 1.29 is 9.68 Å². The van der Waals surface area contributed by atoms with Crippen LogP contribution >= 0.6 is 0 Å². The molecule has 0 aliphatic rings. The largest absolute Gasteiger partial charge is 0.354 e. The standard InChI is InChI=1S/C13H22N6O2/c1-5-8-14-11-16-12(15-9-6-2)18-13(17-11)21-19(20-4)10-7-3/h3H,5-6,8-10H2,1-2,4H3,(H2,14,15,16,17,18). The Labute approximate surface area is 125 Å². The zero-order valence-corrected chi connectivity index (χ0v) is 12.7. The number of anilines is 2. The van der Waals surface area contributed by atoms with Crippen LogP contribution in [0.4, 0.5) is 11.9 Å². The SMILES string of the molecule is C#CCN(OC)Oc1nc(NCCC)nc(NCCC)n1. The van der Waals surface area contributed by atoms with E-state index in [2.05, 4.69) is 45.4 Å². The molecule has 0 aliphatic heterocycles. The van der Waals surface area contributed by atoms with Gasteiger partial charge in [0, 0.05) is 13.1 Å². The lowest BCUT2D eigenvalue weighted by Crippen LogP contribution is -2.28. The second-order valence-electron chi connectivity index (χ2n) is 4.09. The Kier molecular flexibility index (Phi) is 7.86. The van der Waals surface area contributed by atoms with Crippen LogP contribution in [0.1, 0.15) is 26.7 Å². The van der Waals surface area contributed by atoms with Gasteiger partial charge in [-0.15, -0.1) is 6.42 Å². The topological polar surface area (TPSA) is 84.4 Å². The number of nitrogens with one attached hydrogen (secondary N) is 2. The first-order valence-corrected chi connectivity index (χ1v) is 6.90. The highest BCUT2D eigenvalue weighted by molar-refractivity contribution is 5.35. The molecule has 0 fully saturated rings. The summed E-state index contributed by atoms with van der Waals surface area (Å²) in [7, 11) is 1.45. The van der Waals surface area contributed by atoms with Crippen LogP contribution in [-0.2, 0) is 4.84 Å². The Morgan fingerprint density at radius 3 is 2.10 bits per heavy atom. The summed E-state index contributed by atoms with van der Waals surface area (Å²) in [5.74, 6) is 3.29. The molecule has 0 unspecified atom stereocenters. The van der Waals surface area contributed by atoms with E-state index < -0.39 is 0 Å². The summed E-state index contributed by atoms with van der Waals surface area (Å²) in [5.41, 5.74) is 0. The molecule has 0 aromatic carbocycles. The highest BCUT2D eigenvalue weighted by Gasteiger charge is 2.11. The molecule has 116 valence electrons. The maximum atomic E-state index is 5.37. The maximum Gasteiger partial charge on any atom is 0.345 e. The zero-order valence-electron chi connectivity index (χ0n) is 12.7. The molecule has 8 heteroatoms. The van der Waals surface area contributed by atoms with Gasteiger partial charge in [-0.1, -0.05) is 19.8 Å². The average Bonchev–Trinajstić information content (AvgIpc) is 2.50. The van der Waals surface area contributed by atoms with Crippen molar-refractivity contribution in [1.82, 2.24) is 20.2 Å². The smallest absolute Gasteiger partial charge is 0.345 e. The molecular formula is C13H22N6O2. The second kappa shape index (κ2) is 9.74. The molecule has 21 heavy (non-hydrogen) atoms.